The van der Waals surface area contributed by atoms with Crippen molar-refractivity contribution in [3.05, 3.63) is 23.8 Å². The molecule has 0 aliphatic carbocycles. The van der Waals surface area contributed by atoms with Crippen LogP contribution in [0, 0.1) is 0 Å². The van der Waals surface area contributed by atoms with Gasteiger partial charge in [0, 0.05) is 17.8 Å². The normalized spacial score (nSPS) is 15.3. The van der Waals surface area contributed by atoms with Crippen molar-refractivity contribution in [2.24, 2.45) is 0 Å². The van der Waals surface area contributed by atoms with Gasteiger partial charge >= 0.3 is 7.12 Å². The fourth-order valence-corrected chi connectivity index (χ4v) is 1.49. The SMILES string of the molecule is OB(O)c1ccc2c(c1)NCCOC2. The van der Waals surface area contributed by atoms with Crippen molar-refractivity contribution in [3.8, 4) is 0 Å². The van der Waals surface area contributed by atoms with Crippen LogP contribution in [0.25, 0.3) is 0 Å². The molecule has 0 unspecified atom stereocenters. The molecule has 1 aromatic rings. The summed E-state index contributed by atoms with van der Waals surface area (Å²) in [5.74, 6) is 0. The van der Waals surface area contributed by atoms with E-state index in [1.165, 1.54) is 0 Å². The number of anilines is 1. The number of fused-ring (bicyclic) bond motifs is 1. The third kappa shape index (κ3) is 1.90. The van der Waals surface area contributed by atoms with E-state index in [-0.39, 0.29) is 0 Å². The van der Waals surface area contributed by atoms with Gasteiger partial charge in [-0.15, -0.1) is 0 Å². The zero-order valence-corrected chi connectivity index (χ0v) is 7.73. The van der Waals surface area contributed by atoms with E-state index in [1.54, 1.807) is 12.1 Å². The molecular weight excluding hydrogens is 181 g/mol. The topological polar surface area (TPSA) is 61.7 Å². The van der Waals surface area contributed by atoms with Crippen LogP contribution < -0.4 is 10.8 Å². The number of nitrogens with one attached hydrogen (secondary N) is 1. The van der Waals surface area contributed by atoms with E-state index in [1.807, 2.05) is 6.07 Å². The van der Waals surface area contributed by atoms with E-state index in [9.17, 15) is 0 Å². The van der Waals surface area contributed by atoms with E-state index in [2.05, 4.69) is 5.32 Å². The first kappa shape index (κ1) is 9.52. The van der Waals surface area contributed by atoms with Crippen molar-refractivity contribution < 1.29 is 14.8 Å². The van der Waals surface area contributed by atoms with Crippen LogP contribution >= 0.6 is 0 Å². The second kappa shape index (κ2) is 4.00. The van der Waals surface area contributed by atoms with Gasteiger partial charge in [0.05, 0.1) is 13.2 Å². The molecule has 1 aromatic carbocycles. The predicted octanol–water partition coefficient (Wildman–Crippen LogP) is -0.692. The molecule has 0 saturated carbocycles. The monoisotopic (exact) mass is 193 g/mol. The number of benzene rings is 1. The molecule has 0 atom stereocenters. The summed E-state index contributed by atoms with van der Waals surface area (Å²) in [5, 5.41) is 21.2. The van der Waals surface area contributed by atoms with E-state index in [0.29, 0.717) is 18.7 Å². The first-order chi connectivity index (χ1) is 6.77. The van der Waals surface area contributed by atoms with E-state index < -0.39 is 7.12 Å². The van der Waals surface area contributed by atoms with Gasteiger partial charge in [0.2, 0.25) is 0 Å². The van der Waals surface area contributed by atoms with Crippen molar-refractivity contribution in [1.29, 1.82) is 0 Å². The molecule has 0 spiro atoms. The lowest BCUT2D eigenvalue weighted by molar-refractivity contribution is 0.135. The Morgan fingerprint density at radius 2 is 2.21 bits per heavy atom. The van der Waals surface area contributed by atoms with Crippen LogP contribution in [0.3, 0.4) is 0 Å². The summed E-state index contributed by atoms with van der Waals surface area (Å²) in [6.45, 7) is 1.99. The molecule has 2 rings (SSSR count). The summed E-state index contributed by atoms with van der Waals surface area (Å²) in [4.78, 5) is 0. The largest absolute Gasteiger partial charge is 0.488 e. The van der Waals surface area contributed by atoms with Crippen LogP contribution in [-0.4, -0.2) is 30.3 Å². The van der Waals surface area contributed by atoms with Gasteiger partial charge in [0.1, 0.15) is 0 Å². The Labute approximate surface area is 82.7 Å². The molecular formula is C9H12BNO3. The molecule has 1 aliphatic heterocycles. The lowest BCUT2D eigenvalue weighted by atomic mass is 9.79. The standard InChI is InChI=1S/C9H12BNO3/c12-10(13)8-2-1-7-6-14-4-3-11-9(7)5-8/h1-2,5,11-13H,3-4,6H2. The summed E-state index contributed by atoms with van der Waals surface area (Å²) >= 11 is 0. The second-order valence-electron chi connectivity index (χ2n) is 3.27. The average Bonchev–Trinajstić information content (AvgIpc) is 2.41. The third-order valence-corrected chi connectivity index (χ3v) is 2.25. The highest BCUT2D eigenvalue weighted by atomic mass is 16.5. The maximum absolute atomic E-state index is 8.99. The number of hydrogen-bond acceptors (Lipinski definition) is 4. The highest BCUT2D eigenvalue weighted by Crippen LogP contribution is 2.16. The minimum Gasteiger partial charge on any atom is -0.423 e. The van der Waals surface area contributed by atoms with Crippen molar-refractivity contribution in [2.75, 3.05) is 18.5 Å². The Hall–Kier alpha value is -1.04. The Kier molecular flexibility index (Phi) is 2.72. The Bertz CT molecular complexity index is 330. The van der Waals surface area contributed by atoms with E-state index >= 15 is 0 Å². The molecule has 0 saturated heterocycles. The first-order valence-corrected chi connectivity index (χ1v) is 4.58. The van der Waals surface area contributed by atoms with E-state index in [4.69, 9.17) is 14.8 Å². The lowest BCUT2D eigenvalue weighted by Crippen LogP contribution is -2.30. The summed E-state index contributed by atoms with van der Waals surface area (Å²) in [6.07, 6.45) is 0. The van der Waals surface area contributed by atoms with Crippen LogP contribution in [0.15, 0.2) is 18.2 Å². The quantitative estimate of drug-likeness (QED) is 0.516. The van der Waals surface area contributed by atoms with Crippen molar-refractivity contribution >= 4 is 18.3 Å². The zero-order valence-electron chi connectivity index (χ0n) is 7.73. The first-order valence-electron chi connectivity index (χ1n) is 4.58. The summed E-state index contributed by atoms with van der Waals surface area (Å²) < 4.78 is 5.33. The second-order valence-corrected chi connectivity index (χ2v) is 3.27. The van der Waals surface area contributed by atoms with Gasteiger partial charge < -0.3 is 20.1 Å². The fraction of sp³-hybridized carbons (Fsp3) is 0.333. The number of rotatable bonds is 1. The molecule has 0 amide bonds. The summed E-state index contributed by atoms with van der Waals surface area (Å²) in [6, 6.07) is 5.29. The van der Waals surface area contributed by atoms with Gasteiger partial charge in [-0.25, -0.2) is 0 Å². The van der Waals surface area contributed by atoms with Gasteiger partial charge in [-0.3, -0.25) is 0 Å². The van der Waals surface area contributed by atoms with Crippen molar-refractivity contribution in [3.63, 3.8) is 0 Å². The van der Waals surface area contributed by atoms with Crippen LogP contribution in [0.2, 0.25) is 0 Å². The molecule has 14 heavy (non-hydrogen) atoms. The summed E-state index contributed by atoms with van der Waals surface area (Å²) in [7, 11) is -1.41. The Morgan fingerprint density at radius 3 is 3.00 bits per heavy atom. The minimum absolute atomic E-state index is 0.498. The molecule has 5 heteroatoms. The smallest absolute Gasteiger partial charge is 0.423 e. The fourth-order valence-electron chi connectivity index (χ4n) is 1.49. The van der Waals surface area contributed by atoms with Gasteiger partial charge in [0.25, 0.3) is 0 Å². The van der Waals surface area contributed by atoms with Crippen molar-refractivity contribution in [2.45, 2.75) is 6.61 Å². The summed E-state index contributed by atoms with van der Waals surface area (Å²) in [5.41, 5.74) is 2.47. The third-order valence-electron chi connectivity index (χ3n) is 2.25. The Balaban J connectivity index is 2.32. The molecule has 74 valence electrons. The highest BCUT2D eigenvalue weighted by Gasteiger charge is 2.14. The number of ether oxygens (including phenoxy) is 1. The van der Waals surface area contributed by atoms with Crippen LogP contribution in [0.5, 0.6) is 0 Å². The van der Waals surface area contributed by atoms with Gasteiger partial charge in [-0.2, -0.15) is 0 Å². The zero-order chi connectivity index (χ0) is 9.97. The van der Waals surface area contributed by atoms with Gasteiger partial charge in [-0.05, 0) is 11.5 Å². The molecule has 1 heterocycles. The van der Waals surface area contributed by atoms with Crippen LogP contribution in [0.1, 0.15) is 5.56 Å². The minimum atomic E-state index is -1.41. The van der Waals surface area contributed by atoms with Gasteiger partial charge in [0.15, 0.2) is 0 Å². The molecule has 0 fully saturated rings. The highest BCUT2D eigenvalue weighted by molar-refractivity contribution is 6.58. The maximum atomic E-state index is 8.99. The van der Waals surface area contributed by atoms with Crippen LogP contribution in [-0.2, 0) is 11.3 Å². The molecule has 0 radical (unpaired) electrons. The molecule has 4 nitrogen and oxygen atoms in total. The van der Waals surface area contributed by atoms with E-state index in [0.717, 1.165) is 17.8 Å². The molecule has 1 aliphatic rings. The Morgan fingerprint density at radius 1 is 1.36 bits per heavy atom. The molecule has 3 N–H and O–H groups in total. The maximum Gasteiger partial charge on any atom is 0.488 e. The predicted molar refractivity (Wildman–Crippen MR) is 54.4 cm³/mol. The van der Waals surface area contributed by atoms with Crippen molar-refractivity contribution in [1.82, 2.24) is 0 Å². The lowest BCUT2D eigenvalue weighted by Gasteiger charge is -2.08. The molecule has 0 bridgehead atoms. The molecule has 0 aromatic heterocycles. The van der Waals surface area contributed by atoms with Crippen LogP contribution in [0.4, 0.5) is 5.69 Å². The van der Waals surface area contributed by atoms with Gasteiger partial charge in [-0.1, -0.05) is 12.1 Å². The number of hydrogen-bond donors (Lipinski definition) is 3. The average molecular weight is 193 g/mol.